The minimum Gasteiger partial charge on any atom is -0.508 e. The minimum absolute atomic E-state index is 0.358. The third-order valence-electron chi connectivity index (χ3n) is 4.47. The first-order chi connectivity index (χ1) is 9.08. The monoisotopic (exact) mass is 261 g/mol. The standard InChI is InChI=1S/C17H27NO/c1-13(2)17-5-4-12-18(17)14(3)6-7-15-8-10-16(19)11-9-15/h8-11,13-14,17,19H,4-7,12H2,1-3H3. The summed E-state index contributed by atoms with van der Waals surface area (Å²) in [6, 6.07) is 9.07. The Morgan fingerprint density at radius 2 is 1.89 bits per heavy atom. The summed E-state index contributed by atoms with van der Waals surface area (Å²) in [4.78, 5) is 2.70. The molecular formula is C17H27NO. The Bertz CT molecular complexity index is 385. The van der Waals surface area contributed by atoms with E-state index in [1.807, 2.05) is 12.1 Å². The number of likely N-dealkylation sites (tertiary alicyclic amines) is 1. The molecule has 0 radical (unpaired) electrons. The van der Waals surface area contributed by atoms with E-state index >= 15 is 0 Å². The molecule has 1 fully saturated rings. The topological polar surface area (TPSA) is 23.5 Å². The second-order valence-corrected chi connectivity index (χ2v) is 6.25. The summed E-state index contributed by atoms with van der Waals surface area (Å²) in [5, 5.41) is 9.29. The Morgan fingerprint density at radius 1 is 1.21 bits per heavy atom. The van der Waals surface area contributed by atoms with Gasteiger partial charge in [0.05, 0.1) is 0 Å². The molecule has 2 nitrogen and oxygen atoms in total. The maximum atomic E-state index is 9.29. The number of phenols is 1. The van der Waals surface area contributed by atoms with Gasteiger partial charge in [-0.25, -0.2) is 0 Å². The number of phenolic OH excluding ortho intramolecular Hbond substituents is 1. The van der Waals surface area contributed by atoms with Crippen molar-refractivity contribution < 1.29 is 5.11 Å². The summed E-state index contributed by atoms with van der Waals surface area (Å²) in [6.45, 7) is 8.31. The van der Waals surface area contributed by atoms with Crippen LogP contribution in [0.1, 0.15) is 45.6 Å². The summed E-state index contributed by atoms with van der Waals surface area (Å²) < 4.78 is 0. The largest absolute Gasteiger partial charge is 0.508 e. The maximum Gasteiger partial charge on any atom is 0.115 e. The van der Waals surface area contributed by atoms with Crippen molar-refractivity contribution in [3.05, 3.63) is 29.8 Å². The smallest absolute Gasteiger partial charge is 0.115 e. The summed E-state index contributed by atoms with van der Waals surface area (Å²) in [6.07, 6.45) is 5.02. The molecule has 0 spiro atoms. The molecule has 0 bridgehead atoms. The number of aryl methyl sites for hydroxylation is 1. The van der Waals surface area contributed by atoms with Gasteiger partial charge < -0.3 is 5.11 Å². The molecule has 1 N–H and O–H groups in total. The van der Waals surface area contributed by atoms with Gasteiger partial charge in [-0.2, -0.15) is 0 Å². The zero-order chi connectivity index (χ0) is 13.8. The van der Waals surface area contributed by atoms with Gasteiger partial charge in [0.2, 0.25) is 0 Å². The van der Waals surface area contributed by atoms with Crippen molar-refractivity contribution in [3.8, 4) is 5.75 Å². The first kappa shape index (κ1) is 14.4. The van der Waals surface area contributed by atoms with Crippen molar-refractivity contribution in [1.82, 2.24) is 4.90 Å². The predicted molar refractivity (Wildman–Crippen MR) is 80.5 cm³/mol. The van der Waals surface area contributed by atoms with Crippen molar-refractivity contribution in [2.24, 2.45) is 5.92 Å². The summed E-state index contributed by atoms with van der Waals surface area (Å²) in [5.41, 5.74) is 1.32. The lowest BCUT2D eigenvalue weighted by Gasteiger charge is -2.33. The van der Waals surface area contributed by atoms with Crippen LogP contribution in [0.5, 0.6) is 5.75 Å². The van der Waals surface area contributed by atoms with Crippen LogP contribution in [0, 0.1) is 5.92 Å². The van der Waals surface area contributed by atoms with E-state index in [4.69, 9.17) is 0 Å². The molecule has 1 aromatic rings. The molecule has 0 saturated carbocycles. The van der Waals surface area contributed by atoms with Gasteiger partial charge in [-0.3, -0.25) is 4.90 Å². The van der Waals surface area contributed by atoms with Crippen LogP contribution < -0.4 is 0 Å². The predicted octanol–water partition coefficient (Wildman–Crippen LogP) is 3.83. The van der Waals surface area contributed by atoms with E-state index in [0.717, 1.165) is 18.4 Å². The van der Waals surface area contributed by atoms with Gasteiger partial charge in [0.25, 0.3) is 0 Å². The molecule has 19 heavy (non-hydrogen) atoms. The van der Waals surface area contributed by atoms with E-state index in [-0.39, 0.29) is 0 Å². The molecule has 106 valence electrons. The maximum absolute atomic E-state index is 9.29. The van der Waals surface area contributed by atoms with Crippen LogP contribution in [0.15, 0.2) is 24.3 Å². The summed E-state index contributed by atoms with van der Waals surface area (Å²) >= 11 is 0. The molecule has 2 rings (SSSR count). The SMILES string of the molecule is CC(C)C1CCCN1C(C)CCc1ccc(O)cc1. The quantitative estimate of drug-likeness (QED) is 0.870. The van der Waals surface area contributed by atoms with E-state index in [1.165, 1.54) is 31.4 Å². The fourth-order valence-electron chi connectivity index (χ4n) is 3.28. The van der Waals surface area contributed by atoms with Crippen LogP contribution in [-0.4, -0.2) is 28.6 Å². The first-order valence-corrected chi connectivity index (χ1v) is 7.61. The molecule has 0 aromatic heterocycles. The van der Waals surface area contributed by atoms with Crippen LogP contribution in [0.25, 0.3) is 0 Å². The van der Waals surface area contributed by atoms with Gasteiger partial charge >= 0.3 is 0 Å². The Kier molecular flexibility index (Phi) is 4.87. The lowest BCUT2D eigenvalue weighted by molar-refractivity contribution is 0.149. The molecule has 2 atom stereocenters. The normalized spacial score (nSPS) is 22.0. The molecular weight excluding hydrogens is 234 g/mol. The molecule has 1 heterocycles. The summed E-state index contributed by atoms with van der Waals surface area (Å²) in [7, 11) is 0. The zero-order valence-electron chi connectivity index (χ0n) is 12.5. The van der Waals surface area contributed by atoms with Gasteiger partial charge in [-0.15, -0.1) is 0 Å². The number of hydrogen-bond donors (Lipinski definition) is 1. The van der Waals surface area contributed by atoms with E-state index < -0.39 is 0 Å². The fraction of sp³-hybridized carbons (Fsp3) is 0.647. The van der Waals surface area contributed by atoms with Crippen molar-refractivity contribution in [3.63, 3.8) is 0 Å². The van der Waals surface area contributed by atoms with Crippen molar-refractivity contribution in [2.75, 3.05) is 6.54 Å². The Hall–Kier alpha value is -1.02. The lowest BCUT2D eigenvalue weighted by Crippen LogP contribution is -2.40. The molecule has 1 saturated heterocycles. The Labute approximate surface area is 117 Å². The van der Waals surface area contributed by atoms with E-state index in [1.54, 1.807) is 12.1 Å². The minimum atomic E-state index is 0.358. The number of hydrogen-bond acceptors (Lipinski definition) is 2. The molecule has 0 aliphatic carbocycles. The number of aromatic hydroxyl groups is 1. The highest BCUT2D eigenvalue weighted by Gasteiger charge is 2.29. The first-order valence-electron chi connectivity index (χ1n) is 7.61. The highest BCUT2D eigenvalue weighted by molar-refractivity contribution is 5.25. The van der Waals surface area contributed by atoms with Crippen LogP contribution in [0.4, 0.5) is 0 Å². The van der Waals surface area contributed by atoms with Gasteiger partial charge in [0.15, 0.2) is 0 Å². The average Bonchev–Trinajstić information content (AvgIpc) is 2.87. The Morgan fingerprint density at radius 3 is 2.53 bits per heavy atom. The highest BCUT2D eigenvalue weighted by Crippen LogP contribution is 2.27. The third kappa shape index (κ3) is 3.73. The van der Waals surface area contributed by atoms with Gasteiger partial charge in [-0.05, 0) is 62.8 Å². The number of benzene rings is 1. The van der Waals surface area contributed by atoms with Crippen LogP contribution in [0.2, 0.25) is 0 Å². The molecule has 2 unspecified atom stereocenters. The second kappa shape index (κ2) is 6.42. The van der Waals surface area contributed by atoms with Crippen molar-refractivity contribution in [1.29, 1.82) is 0 Å². The average molecular weight is 261 g/mol. The highest BCUT2D eigenvalue weighted by atomic mass is 16.3. The number of nitrogens with zero attached hydrogens (tertiary/aromatic N) is 1. The molecule has 2 heteroatoms. The van der Waals surface area contributed by atoms with Crippen LogP contribution >= 0.6 is 0 Å². The van der Waals surface area contributed by atoms with Crippen molar-refractivity contribution >= 4 is 0 Å². The van der Waals surface area contributed by atoms with Gasteiger partial charge in [-0.1, -0.05) is 26.0 Å². The van der Waals surface area contributed by atoms with Gasteiger partial charge in [0, 0.05) is 12.1 Å². The fourth-order valence-corrected chi connectivity index (χ4v) is 3.28. The van der Waals surface area contributed by atoms with Gasteiger partial charge in [0.1, 0.15) is 5.75 Å². The molecule has 1 aromatic carbocycles. The van der Waals surface area contributed by atoms with Crippen molar-refractivity contribution in [2.45, 2.75) is 58.5 Å². The number of rotatable bonds is 5. The lowest BCUT2D eigenvalue weighted by atomic mass is 9.99. The van der Waals surface area contributed by atoms with E-state index in [2.05, 4.69) is 25.7 Å². The van der Waals surface area contributed by atoms with Crippen LogP contribution in [-0.2, 0) is 6.42 Å². The third-order valence-corrected chi connectivity index (χ3v) is 4.47. The Balaban J connectivity index is 1.87. The van der Waals surface area contributed by atoms with Crippen LogP contribution in [0.3, 0.4) is 0 Å². The molecule has 0 amide bonds. The molecule has 1 aliphatic rings. The van der Waals surface area contributed by atoms with E-state index in [9.17, 15) is 5.11 Å². The molecule has 1 aliphatic heterocycles. The second-order valence-electron chi connectivity index (χ2n) is 6.25. The summed E-state index contributed by atoms with van der Waals surface area (Å²) in [5.74, 6) is 1.12. The van der Waals surface area contributed by atoms with E-state index in [0.29, 0.717) is 11.8 Å². The zero-order valence-corrected chi connectivity index (χ0v) is 12.5.